The van der Waals surface area contributed by atoms with Crippen LogP contribution >= 0.6 is 15.9 Å². The molecular formula is C15H23BrN2O2. The Hall–Kier alpha value is -1.07. The molecule has 20 heavy (non-hydrogen) atoms. The van der Waals surface area contributed by atoms with Gasteiger partial charge in [0.15, 0.2) is 6.10 Å². The molecule has 0 saturated heterocycles. The van der Waals surface area contributed by atoms with Crippen LogP contribution in [0, 0.1) is 12.8 Å². The highest BCUT2D eigenvalue weighted by atomic mass is 79.9. The van der Waals surface area contributed by atoms with Crippen molar-refractivity contribution in [3.63, 3.8) is 0 Å². The third-order valence-electron chi connectivity index (χ3n) is 2.88. The molecule has 0 spiro atoms. The van der Waals surface area contributed by atoms with Crippen molar-refractivity contribution in [2.45, 2.75) is 40.3 Å². The molecule has 0 saturated carbocycles. The molecule has 4 nitrogen and oxygen atoms in total. The van der Waals surface area contributed by atoms with E-state index in [4.69, 9.17) is 10.5 Å². The SMILES string of the molecule is Cc1cc(Br)cc(CNCC(C)C)c1OC(C)C(N)=O. The van der Waals surface area contributed by atoms with E-state index in [0.717, 1.165) is 27.9 Å². The van der Waals surface area contributed by atoms with Crippen molar-refractivity contribution in [3.8, 4) is 5.75 Å². The van der Waals surface area contributed by atoms with Crippen molar-refractivity contribution < 1.29 is 9.53 Å². The summed E-state index contributed by atoms with van der Waals surface area (Å²) < 4.78 is 6.71. The van der Waals surface area contributed by atoms with E-state index >= 15 is 0 Å². The largest absolute Gasteiger partial charge is 0.480 e. The number of rotatable bonds is 7. The monoisotopic (exact) mass is 342 g/mol. The van der Waals surface area contributed by atoms with Gasteiger partial charge in [0.25, 0.3) is 5.91 Å². The van der Waals surface area contributed by atoms with Gasteiger partial charge >= 0.3 is 0 Å². The number of benzene rings is 1. The first kappa shape index (κ1) is 17.0. The second-order valence-corrected chi connectivity index (χ2v) is 6.31. The zero-order valence-corrected chi connectivity index (χ0v) is 14.1. The van der Waals surface area contributed by atoms with Crippen LogP contribution in [0.5, 0.6) is 5.75 Å². The Bertz CT molecular complexity index is 475. The molecule has 1 atom stereocenters. The Morgan fingerprint density at radius 1 is 1.40 bits per heavy atom. The Morgan fingerprint density at radius 3 is 2.60 bits per heavy atom. The van der Waals surface area contributed by atoms with Crippen molar-refractivity contribution in [1.82, 2.24) is 5.32 Å². The van der Waals surface area contributed by atoms with Crippen molar-refractivity contribution in [2.24, 2.45) is 11.7 Å². The number of nitrogens with two attached hydrogens (primary N) is 1. The van der Waals surface area contributed by atoms with Crippen LogP contribution in [0.3, 0.4) is 0 Å². The lowest BCUT2D eigenvalue weighted by atomic mass is 10.1. The fourth-order valence-corrected chi connectivity index (χ4v) is 2.45. The second-order valence-electron chi connectivity index (χ2n) is 5.40. The van der Waals surface area contributed by atoms with Crippen LogP contribution in [0.1, 0.15) is 31.9 Å². The first-order valence-corrected chi connectivity index (χ1v) is 7.56. The fourth-order valence-electron chi connectivity index (χ4n) is 1.83. The zero-order chi connectivity index (χ0) is 15.3. The van der Waals surface area contributed by atoms with Crippen LogP contribution in [0.15, 0.2) is 16.6 Å². The molecule has 1 aromatic rings. The van der Waals surface area contributed by atoms with Crippen molar-refractivity contribution in [1.29, 1.82) is 0 Å². The molecule has 112 valence electrons. The molecule has 0 heterocycles. The minimum Gasteiger partial charge on any atom is -0.480 e. The standard InChI is InChI=1S/C15H23BrN2O2/c1-9(2)7-18-8-12-6-13(16)5-10(3)14(12)20-11(4)15(17)19/h5-6,9,11,18H,7-8H2,1-4H3,(H2,17,19). The molecule has 1 amide bonds. The predicted octanol–water partition coefficient (Wildman–Crippen LogP) is 2.76. The van der Waals surface area contributed by atoms with Gasteiger partial charge in [-0.25, -0.2) is 0 Å². The van der Waals surface area contributed by atoms with Gasteiger partial charge < -0.3 is 15.8 Å². The number of nitrogens with one attached hydrogen (secondary N) is 1. The summed E-state index contributed by atoms with van der Waals surface area (Å²) in [6, 6.07) is 3.97. The third kappa shape index (κ3) is 5.13. The molecular weight excluding hydrogens is 320 g/mol. The normalized spacial score (nSPS) is 12.5. The summed E-state index contributed by atoms with van der Waals surface area (Å²) >= 11 is 3.49. The van der Waals surface area contributed by atoms with Gasteiger partial charge in [0.1, 0.15) is 5.75 Å². The number of primary amides is 1. The highest BCUT2D eigenvalue weighted by molar-refractivity contribution is 9.10. The van der Waals surface area contributed by atoms with Crippen molar-refractivity contribution in [3.05, 3.63) is 27.7 Å². The van der Waals surface area contributed by atoms with Gasteiger partial charge in [-0.05, 0) is 44.0 Å². The minimum absolute atomic E-state index is 0.464. The average molecular weight is 343 g/mol. The number of halogens is 1. The van der Waals surface area contributed by atoms with Crippen molar-refractivity contribution >= 4 is 21.8 Å². The molecule has 1 unspecified atom stereocenters. The first-order chi connectivity index (χ1) is 9.31. The maximum atomic E-state index is 11.2. The van der Waals surface area contributed by atoms with Crippen LogP contribution in [0.4, 0.5) is 0 Å². The summed E-state index contributed by atoms with van der Waals surface area (Å²) in [6.07, 6.45) is -0.640. The second kappa shape index (κ2) is 7.64. The highest BCUT2D eigenvalue weighted by Crippen LogP contribution is 2.29. The van der Waals surface area contributed by atoms with Gasteiger partial charge in [-0.1, -0.05) is 29.8 Å². The highest BCUT2D eigenvalue weighted by Gasteiger charge is 2.15. The van der Waals surface area contributed by atoms with Gasteiger partial charge in [0.2, 0.25) is 0 Å². The Balaban J connectivity index is 2.92. The van der Waals surface area contributed by atoms with E-state index < -0.39 is 12.0 Å². The molecule has 3 N–H and O–H groups in total. The summed E-state index contributed by atoms with van der Waals surface area (Å²) in [5.74, 6) is 0.848. The number of ether oxygens (including phenoxy) is 1. The van der Waals surface area contributed by atoms with Gasteiger partial charge in [-0.15, -0.1) is 0 Å². The summed E-state index contributed by atoms with van der Waals surface area (Å²) in [5.41, 5.74) is 7.26. The number of hydrogen-bond acceptors (Lipinski definition) is 3. The molecule has 5 heteroatoms. The molecule has 0 aromatic heterocycles. The van der Waals surface area contributed by atoms with Gasteiger partial charge in [0.05, 0.1) is 0 Å². The summed E-state index contributed by atoms with van der Waals surface area (Å²) in [5, 5.41) is 3.38. The Labute approximate surface area is 129 Å². The van der Waals surface area contributed by atoms with Crippen molar-refractivity contribution in [2.75, 3.05) is 6.54 Å². The summed E-state index contributed by atoms with van der Waals surface area (Å²) in [6.45, 7) is 9.56. The lowest BCUT2D eigenvalue weighted by molar-refractivity contribution is -0.124. The summed E-state index contributed by atoms with van der Waals surface area (Å²) in [4.78, 5) is 11.2. The van der Waals surface area contributed by atoms with E-state index in [1.165, 1.54) is 0 Å². The zero-order valence-electron chi connectivity index (χ0n) is 12.5. The lowest BCUT2D eigenvalue weighted by Gasteiger charge is -2.18. The number of carbonyl (C=O) groups excluding carboxylic acids is 1. The van der Waals surface area contributed by atoms with Crippen LogP contribution in [0.25, 0.3) is 0 Å². The van der Waals surface area contributed by atoms with E-state index in [9.17, 15) is 4.79 Å². The maximum absolute atomic E-state index is 11.2. The molecule has 0 radical (unpaired) electrons. The first-order valence-electron chi connectivity index (χ1n) is 6.77. The van der Waals surface area contributed by atoms with E-state index in [-0.39, 0.29) is 0 Å². The average Bonchev–Trinajstić information content (AvgIpc) is 2.32. The van der Waals surface area contributed by atoms with Crippen LogP contribution < -0.4 is 15.8 Å². The van der Waals surface area contributed by atoms with Crippen LogP contribution in [-0.2, 0) is 11.3 Å². The van der Waals surface area contributed by atoms with Crippen LogP contribution in [-0.4, -0.2) is 18.6 Å². The van der Waals surface area contributed by atoms with E-state index in [2.05, 4.69) is 35.1 Å². The molecule has 0 aliphatic heterocycles. The predicted molar refractivity (Wildman–Crippen MR) is 84.7 cm³/mol. The molecule has 0 fully saturated rings. The lowest BCUT2D eigenvalue weighted by Crippen LogP contribution is -2.31. The number of amides is 1. The molecule has 0 aliphatic rings. The molecule has 1 aromatic carbocycles. The molecule has 0 aliphatic carbocycles. The quantitative estimate of drug-likeness (QED) is 0.800. The van der Waals surface area contributed by atoms with Gasteiger partial charge in [-0.3, -0.25) is 4.79 Å². The third-order valence-corrected chi connectivity index (χ3v) is 3.34. The van der Waals surface area contributed by atoms with Gasteiger partial charge in [0, 0.05) is 16.6 Å². The Kier molecular flexibility index (Phi) is 6.49. The summed E-state index contributed by atoms with van der Waals surface area (Å²) in [7, 11) is 0. The van der Waals surface area contributed by atoms with Crippen LogP contribution in [0.2, 0.25) is 0 Å². The number of hydrogen-bond donors (Lipinski definition) is 2. The smallest absolute Gasteiger partial charge is 0.258 e. The minimum atomic E-state index is -0.640. The van der Waals surface area contributed by atoms with Gasteiger partial charge in [-0.2, -0.15) is 0 Å². The Morgan fingerprint density at radius 2 is 2.05 bits per heavy atom. The maximum Gasteiger partial charge on any atom is 0.258 e. The van der Waals surface area contributed by atoms with E-state index in [0.29, 0.717) is 12.5 Å². The molecule has 1 rings (SSSR count). The number of carbonyl (C=O) groups is 1. The van der Waals surface area contributed by atoms with E-state index in [1.54, 1.807) is 6.92 Å². The fraction of sp³-hybridized carbons (Fsp3) is 0.533. The van der Waals surface area contributed by atoms with E-state index in [1.807, 2.05) is 19.1 Å². The number of aryl methyl sites for hydroxylation is 1. The topological polar surface area (TPSA) is 64.3 Å². The molecule has 0 bridgehead atoms.